The molecule has 1 aromatic heterocycles. The molecule has 0 saturated carbocycles. The van der Waals surface area contributed by atoms with E-state index in [4.69, 9.17) is 4.74 Å². The number of methoxy groups -OCH3 is 1. The summed E-state index contributed by atoms with van der Waals surface area (Å²) in [6.07, 6.45) is 6.52. The molecule has 2 aromatic rings. The Kier molecular flexibility index (Phi) is 7.17. The molecule has 0 saturated heterocycles. The van der Waals surface area contributed by atoms with Gasteiger partial charge >= 0.3 is 0 Å². The van der Waals surface area contributed by atoms with Crippen LogP contribution in [0.5, 0.6) is 5.75 Å². The Balaban J connectivity index is 2.63. The summed E-state index contributed by atoms with van der Waals surface area (Å²) in [4.78, 5) is 12.1. The van der Waals surface area contributed by atoms with Crippen molar-refractivity contribution in [3.63, 3.8) is 0 Å². The van der Waals surface area contributed by atoms with Crippen molar-refractivity contribution in [2.24, 2.45) is 0 Å². The topological polar surface area (TPSA) is 44.1 Å². The van der Waals surface area contributed by atoms with E-state index in [1.807, 2.05) is 30.7 Å². The van der Waals surface area contributed by atoms with Gasteiger partial charge in [0.05, 0.1) is 12.8 Å². The average molecular weight is 367 g/mol. The quantitative estimate of drug-likeness (QED) is 0.451. The first-order chi connectivity index (χ1) is 12.9. The summed E-state index contributed by atoms with van der Waals surface area (Å²) in [6, 6.07) is 8.08. The van der Waals surface area contributed by atoms with E-state index < -0.39 is 0 Å². The van der Waals surface area contributed by atoms with E-state index in [0.717, 1.165) is 35.5 Å². The number of carbonyl (C=O) groups excluding carboxylic acids is 1. The number of rotatable bonds is 8. The molecule has 0 aliphatic heterocycles. The standard InChI is InChI=1S/C23H30N2O2/c1-7-16(4)10-13-21(19-12-11-18(8-2)23(15-19)27-6)25-17(5)14-20(24-25)22(26)9-3/h10-15H,7-9H2,1-6H3/b16-10?,21-13-. The van der Waals surface area contributed by atoms with Gasteiger partial charge in [-0.15, -0.1) is 0 Å². The minimum absolute atomic E-state index is 0.0513. The van der Waals surface area contributed by atoms with Crippen LogP contribution in [0.2, 0.25) is 0 Å². The highest BCUT2D eigenvalue weighted by atomic mass is 16.5. The first-order valence-electron chi connectivity index (χ1n) is 9.60. The zero-order valence-corrected chi connectivity index (χ0v) is 17.3. The molecule has 27 heavy (non-hydrogen) atoms. The van der Waals surface area contributed by atoms with Gasteiger partial charge in [0, 0.05) is 17.7 Å². The van der Waals surface area contributed by atoms with Crippen LogP contribution in [-0.2, 0) is 6.42 Å². The number of aromatic nitrogens is 2. The zero-order valence-electron chi connectivity index (χ0n) is 17.3. The van der Waals surface area contributed by atoms with Gasteiger partial charge in [-0.1, -0.05) is 44.6 Å². The molecule has 0 fully saturated rings. The molecule has 0 spiro atoms. The van der Waals surface area contributed by atoms with Crippen molar-refractivity contribution in [1.82, 2.24) is 9.78 Å². The van der Waals surface area contributed by atoms with E-state index >= 15 is 0 Å². The molecule has 2 rings (SSSR count). The van der Waals surface area contributed by atoms with Crippen molar-refractivity contribution in [3.8, 4) is 5.75 Å². The number of aryl methyl sites for hydroxylation is 2. The largest absolute Gasteiger partial charge is 0.496 e. The predicted molar refractivity (Wildman–Crippen MR) is 111 cm³/mol. The number of ether oxygens (including phenoxy) is 1. The van der Waals surface area contributed by atoms with Crippen LogP contribution in [0, 0.1) is 6.92 Å². The molecule has 144 valence electrons. The zero-order chi connectivity index (χ0) is 20.0. The minimum atomic E-state index is 0.0513. The lowest BCUT2D eigenvalue weighted by atomic mass is 10.0. The summed E-state index contributed by atoms with van der Waals surface area (Å²) in [7, 11) is 1.69. The molecule has 0 atom stereocenters. The number of benzene rings is 1. The summed E-state index contributed by atoms with van der Waals surface area (Å²) in [5.74, 6) is 0.919. The second kappa shape index (κ2) is 9.36. The highest BCUT2D eigenvalue weighted by Gasteiger charge is 2.15. The molecule has 1 heterocycles. The Morgan fingerprint density at radius 3 is 2.48 bits per heavy atom. The van der Waals surface area contributed by atoms with Gasteiger partial charge in [0.2, 0.25) is 0 Å². The molecule has 0 radical (unpaired) electrons. The van der Waals surface area contributed by atoms with Crippen molar-refractivity contribution in [2.75, 3.05) is 7.11 Å². The molecule has 0 aliphatic carbocycles. The minimum Gasteiger partial charge on any atom is -0.496 e. The average Bonchev–Trinajstić information content (AvgIpc) is 3.08. The Morgan fingerprint density at radius 2 is 1.89 bits per heavy atom. The highest BCUT2D eigenvalue weighted by Crippen LogP contribution is 2.27. The van der Waals surface area contributed by atoms with Crippen molar-refractivity contribution in [2.45, 2.75) is 53.9 Å². The van der Waals surface area contributed by atoms with Crippen LogP contribution in [0.1, 0.15) is 67.8 Å². The second-order valence-corrected chi connectivity index (χ2v) is 6.66. The van der Waals surface area contributed by atoms with Gasteiger partial charge in [-0.2, -0.15) is 5.10 Å². The first-order valence-corrected chi connectivity index (χ1v) is 9.60. The Hall–Kier alpha value is -2.62. The van der Waals surface area contributed by atoms with Crippen molar-refractivity contribution in [1.29, 1.82) is 0 Å². The van der Waals surface area contributed by atoms with Gasteiger partial charge < -0.3 is 4.74 Å². The van der Waals surface area contributed by atoms with E-state index in [1.165, 1.54) is 11.1 Å². The van der Waals surface area contributed by atoms with Gasteiger partial charge in [0.1, 0.15) is 11.4 Å². The van der Waals surface area contributed by atoms with Crippen molar-refractivity contribution in [3.05, 3.63) is 64.5 Å². The molecule has 0 amide bonds. The van der Waals surface area contributed by atoms with Crippen molar-refractivity contribution >= 4 is 11.5 Å². The third kappa shape index (κ3) is 4.76. The maximum absolute atomic E-state index is 12.1. The number of nitrogens with zero attached hydrogens (tertiary/aromatic N) is 2. The molecule has 4 heteroatoms. The Labute approximate surface area is 162 Å². The van der Waals surface area contributed by atoms with Crippen LogP contribution < -0.4 is 4.74 Å². The van der Waals surface area contributed by atoms with E-state index in [2.05, 4.69) is 50.2 Å². The maximum atomic E-state index is 12.1. The summed E-state index contributed by atoms with van der Waals surface area (Å²) < 4.78 is 7.42. The predicted octanol–water partition coefficient (Wildman–Crippen LogP) is 5.60. The SMILES string of the molecule is CCC(=O)c1cc(C)n(/C(=C\C=C(C)CC)c2ccc(CC)c(OC)c2)n1. The molecular weight excluding hydrogens is 336 g/mol. The fourth-order valence-electron chi connectivity index (χ4n) is 2.86. The molecule has 0 aliphatic rings. The fourth-order valence-corrected chi connectivity index (χ4v) is 2.86. The van der Waals surface area contributed by atoms with Gasteiger partial charge in [0.15, 0.2) is 5.78 Å². The number of ketones is 1. The van der Waals surface area contributed by atoms with E-state index in [9.17, 15) is 4.79 Å². The van der Waals surface area contributed by atoms with Gasteiger partial charge in [0.25, 0.3) is 0 Å². The molecule has 0 N–H and O–H groups in total. The summed E-state index contributed by atoms with van der Waals surface area (Å²) in [5.41, 5.74) is 5.81. The highest BCUT2D eigenvalue weighted by molar-refractivity contribution is 5.94. The summed E-state index contributed by atoms with van der Waals surface area (Å²) in [6.45, 7) is 10.2. The first kappa shape index (κ1) is 20.7. The van der Waals surface area contributed by atoms with Crippen LogP contribution >= 0.6 is 0 Å². The van der Waals surface area contributed by atoms with Gasteiger partial charge in [-0.3, -0.25) is 4.79 Å². The molecule has 1 aromatic carbocycles. The lowest BCUT2D eigenvalue weighted by Gasteiger charge is -2.14. The van der Waals surface area contributed by atoms with Crippen LogP contribution in [0.3, 0.4) is 0 Å². The molecular formula is C23H30N2O2. The van der Waals surface area contributed by atoms with Crippen LogP contribution in [0.25, 0.3) is 5.70 Å². The maximum Gasteiger partial charge on any atom is 0.182 e. The molecule has 4 nitrogen and oxygen atoms in total. The Morgan fingerprint density at radius 1 is 1.15 bits per heavy atom. The van der Waals surface area contributed by atoms with Crippen molar-refractivity contribution < 1.29 is 9.53 Å². The lowest BCUT2D eigenvalue weighted by Crippen LogP contribution is -2.06. The number of Topliss-reactive ketones (excluding diaryl/α,β-unsaturated/α-hetero) is 1. The van der Waals surface area contributed by atoms with E-state index in [-0.39, 0.29) is 5.78 Å². The number of carbonyl (C=O) groups is 1. The van der Waals surface area contributed by atoms with E-state index in [1.54, 1.807) is 7.11 Å². The van der Waals surface area contributed by atoms with Crippen LogP contribution in [0.15, 0.2) is 42.0 Å². The lowest BCUT2D eigenvalue weighted by molar-refractivity contribution is 0.0983. The monoisotopic (exact) mass is 366 g/mol. The summed E-state index contributed by atoms with van der Waals surface area (Å²) in [5, 5.41) is 4.59. The number of allylic oxidation sites excluding steroid dienone is 3. The smallest absolute Gasteiger partial charge is 0.182 e. The number of hydrogen-bond donors (Lipinski definition) is 0. The number of hydrogen-bond acceptors (Lipinski definition) is 3. The second-order valence-electron chi connectivity index (χ2n) is 6.66. The van der Waals surface area contributed by atoms with Crippen LogP contribution in [-0.4, -0.2) is 22.7 Å². The molecule has 0 unspecified atom stereocenters. The Bertz CT molecular complexity index is 872. The fraction of sp³-hybridized carbons (Fsp3) is 0.391. The van der Waals surface area contributed by atoms with E-state index in [0.29, 0.717) is 12.1 Å². The normalized spacial score (nSPS) is 12.4. The van der Waals surface area contributed by atoms with Gasteiger partial charge in [-0.05, 0) is 50.5 Å². The van der Waals surface area contributed by atoms with Crippen LogP contribution in [0.4, 0.5) is 0 Å². The third-order valence-electron chi connectivity index (χ3n) is 4.77. The van der Waals surface area contributed by atoms with Gasteiger partial charge in [-0.25, -0.2) is 4.68 Å². The molecule has 0 bridgehead atoms. The summed E-state index contributed by atoms with van der Waals surface area (Å²) >= 11 is 0. The third-order valence-corrected chi connectivity index (χ3v) is 4.77.